The number of hydrogen-bond acceptors (Lipinski definition) is 3. The van der Waals surface area contributed by atoms with Crippen molar-refractivity contribution in [2.24, 2.45) is 0 Å². The third-order valence-corrected chi connectivity index (χ3v) is 6.06. The Morgan fingerprint density at radius 1 is 1.11 bits per heavy atom. The van der Waals surface area contributed by atoms with Crippen molar-refractivity contribution >= 4 is 11.0 Å². The number of ether oxygens (including phenoxy) is 2. The minimum Gasteiger partial charge on any atom is -0.348 e. The van der Waals surface area contributed by atoms with Crippen molar-refractivity contribution in [1.82, 2.24) is 4.72 Å². The zero-order valence-corrected chi connectivity index (χ0v) is 13.4. The molecule has 0 amide bonds. The molecule has 1 atom stereocenters. The first kappa shape index (κ1) is 15.4. The summed E-state index contributed by atoms with van der Waals surface area (Å²) < 4.78 is 27.0. The molecule has 4 nitrogen and oxygen atoms in total. The summed E-state index contributed by atoms with van der Waals surface area (Å²) in [5.41, 5.74) is -0.0291. The van der Waals surface area contributed by atoms with E-state index in [1.807, 2.05) is 20.8 Å². The molecule has 0 radical (unpaired) electrons. The first-order chi connectivity index (χ1) is 8.81. The van der Waals surface area contributed by atoms with Crippen molar-refractivity contribution in [2.75, 3.05) is 13.2 Å². The van der Waals surface area contributed by atoms with Gasteiger partial charge in [-0.25, -0.2) is 8.93 Å². The van der Waals surface area contributed by atoms with Crippen LogP contribution < -0.4 is 4.72 Å². The van der Waals surface area contributed by atoms with Gasteiger partial charge in [-0.05, 0) is 40.0 Å². The summed E-state index contributed by atoms with van der Waals surface area (Å²) in [7, 11) is -1.02. The van der Waals surface area contributed by atoms with Gasteiger partial charge in [0.2, 0.25) is 0 Å². The van der Waals surface area contributed by atoms with Crippen LogP contribution in [0.1, 0.15) is 59.8 Å². The fraction of sp³-hybridized carbons (Fsp3) is 1.00. The van der Waals surface area contributed by atoms with Gasteiger partial charge in [0.25, 0.3) is 0 Å². The van der Waals surface area contributed by atoms with E-state index in [0.717, 1.165) is 32.1 Å². The predicted octanol–water partition coefficient (Wildman–Crippen LogP) is 2.50. The summed E-state index contributed by atoms with van der Waals surface area (Å²) >= 11 is 0. The van der Waals surface area contributed by atoms with E-state index in [4.69, 9.17) is 9.47 Å². The van der Waals surface area contributed by atoms with E-state index in [2.05, 4.69) is 11.6 Å². The summed E-state index contributed by atoms with van der Waals surface area (Å²) in [5, 5.41) is 0. The molecule has 1 spiro atoms. The van der Waals surface area contributed by atoms with Crippen molar-refractivity contribution in [2.45, 2.75) is 75.9 Å². The molecule has 2 aliphatic rings. The van der Waals surface area contributed by atoms with E-state index >= 15 is 0 Å². The molecular weight excluding hydrogens is 262 g/mol. The summed E-state index contributed by atoms with van der Waals surface area (Å²) in [4.78, 5) is 0. The molecule has 2 fully saturated rings. The molecule has 19 heavy (non-hydrogen) atoms. The molecule has 1 N–H and O–H groups in total. The van der Waals surface area contributed by atoms with Crippen molar-refractivity contribution < 1.29 is 13.7 Å². The maximum absolute atomic E-state index is 12.3. The highest BCUT2D eigenvalue weighted by Gasteiger charge is 2.46. The molecule has 1 aliphatic carbocycles. The highest BCUT2D eigenvalue weighted by atomic mass is 32.2. The summed E-state index contributed by atoms with van der Waals surface area (Å²) in [6, 6.07) is 0. The molecule has 1 unspecified atom stereocenters. The first-order valence-electron chi connectivity index (χ1n) is 7.29. The summed E-state index contributed by atoms with van der Waals surface area (Å²) in [5.74, 6) is -0.344. The van der Waals surface area contributed by atoms with E-state index in [9.17, 15) is 4.21 Å². The summed E-state index contributed by atoms with van der Waals surface area (Å²) in [6.07, 6.45) is 4.71. The smallest absolute Gasteiger partial charge is 0.168 e. The lowest BCUT2D eigenvalue weighted by Gasteiger charge is -2.44. The SMILES string of the molecule is CCC1(NS(=O)C(C)(C)C)CCC2(CC1)OCCO2. The summed E-state index contributed by atoms with van der Waals surface area (Å²) in [6.45, 7) is 9.61. The van der Waals surface area contributed by atoms with E-state index in [1.54, 1.807) is 0 Å². The van der Waals surface area contributed by atoms with Crippen molar-refractivity contribution in [3.8, 4) is 0 Å². The van der Waals surface area contributed by atoms with Gasteiger partial charge in [0.15, 0.2) is 5.79 Å². The largest absolute Gasteiger partial charge is 0.348 e. The number of hydrogen-bond donors (Lipinski definition) is 1. The van der Waals surface area contributed by atoms with Gasteiger partial charge in [-0.1, -0.05) is 6.92 Å². The number of nitrogens with one attached hydrogen (secondary N) is 1. The van der Waals surface area contributed by atoms with Gasteiger partial charge in [-0.2, -0.15) is 0 Å². The normalized spacial score (nSPS) is 27.6. The van der Waals surface area contributed by atoms with Crippen LogP contribution in [0, 0.1) is 0 Å². The molecule has 5 heteroatoms. The Morgan fingerprint density at radius 3 is 2.05 bits per heavy atom. The lowest BCUT2D eigenvalue weighted by Crippen LogP contribution is -2.54. The zero-order valence-electron chi connectivity index (χ0n) is 12.6. The fourth-order valence-corrected chi connectivity index (χ4v) is 3.82. The monoisotopic (exact) mass is 289 g/mol. The predicted molar refractivity (Wildman–Crippen MR) is 77.2 cm³/mol. The van der Waals surface area contributed by atoms with Gasteiger partial charge < -0.3 is 9.47 Å². The van der Waals surface area contributed by atoms with Crippen LogP contribution in [-0.4, -0.2) is 33.5 Å². The quantitative estimate of drug-likeness (QED) is 0.868. The Balaban J connectivity index is 1.99. The average molecular weight is 289 g/mol. The molecule has 0 aromatic heterocycles. The van der Waals surface area contributed by atoms with E-state index in [1.165, 1.54) is 0 Å². The maximum atomic E-state index is 12.3. The van der Waals surface area contributed by atoms with Gasteiger partial charge in [-0.3, -0.25) is 0 Å². The average Bonchev–Trinajstić information content (AvgIpc) is 2.80. The van der Waals surface area contributed by atoms with Crippen LogP contribution >= 0.6 is 0 Å². The zero-order chi connectivity index (χ0) is 14.1. The standard InChI is InChI=1S/C14H27NO3S/c1-5-13(15-19(16)12(2,3)4)6-8-14(9-7-13)17-10-11-18-14/h15H,5-11H2,1-4H3. The molecule has 0 aromatic rings. The van der Waals surface area contributed by atoms with Crippen molar-refractivity contribution in [3.63, 3.8) is 0 Å². The van der Waals surface area contributed by atoms with Crippen LogP contribution in [0.3, 0.4) is 0 Å². The second kappa shape index (κ2) is 5.43. The van der Waals surface area contributed by atoms with E-state index < -0.39 is 11.0 Å². The van der Waals surface area contributed by atoms with Gasteiger partial charge in [0, 0.05) is 18.4 Å². The van der Waals surface area contributed by atoms with E-state index in [0.29, 0.717) is 13.2 Å². The molecule has 1 aliphatic heterocycles. The van der Waals surface area contributed by atoms with Crippen LogP contribution in [0.15, 0.2) is 0 Å². The molecule has 1 heterocycles. The van der Waals surface area contributed by atoms with Crippen molar-refractivity contribution in [1.29, 1.82) is 0 Å². The van der Waals surface area contributed by atoms with Crippen LogP contribution in [0.25, 0.3) is 0 Å². The maximum Gasteiger partial charge on any atom is 0.168 e. The molecule has 1 saturated carbocycles. The van der Waals surface area contributed by atoms with Crippen LogP contribution in [0.5, 0.6) is 0 Å². The van der Waals surface area contributed by atoms with Crippen LogP contribution in [-0.2, 0) is 20.5 Å². The third kappa shape index (κ3) is 3.38. The number of rotatable bonds is 3. The van der Waals surface area contributed by atoms with Gasteiger partial charge >= 0.3 is 0 Å². The molecule has 1 saturated heterocycles. The Hall–Kier alpha value is 0.0300. The van der Waals surface area contributed by atoms with Gasteiger partial charge in [0.1, 0.15) is 0 Å². The topological polar surface area (TPSA) is 47.6 Å². The fourth-order valence-electron chi connectivity index (χ4n) is 2.77. The van der Waals surface area contributed by atoms with Crippen molar-refractivity contribution in [3.05, 3.63) is 0 Å². The molecular formula is C14H27NO3S. The Labute approximate surface area is 119 Å². The van der Waals surface area contributed by atoms with Crippen LogP contribution in [0.4, 0.5) is 0 Å². The molecule has 0 bridgehead atoms. The Morgan fingerprint density at radius 2 is 1.63 bits per heavy atom. The minimum absolute atomic E-state index is 0.0291. The third-order valence-electron chi connectivity index (χ3n) is 4.32. The lowest BCUT2D eigenvalue weighted by molar-refractivity contribution is -0.185. The highest BCUT2D eigenvalue weighted by Crippen LogP contribution is 2.42. The lowest BCUT2D eigenvalue weighted by atomic mass is 9.78. The van der Waals surface area contributed by atoms with E-state index in [-0.39, 0.29) is 16.1 Å². The second-order valence-corrected chi connectivity index (χ2v) is 8.69. The van der Waals surface area contributed by atoms with Gasteiger partial charge in [0.05, 0.1) is 28.9 Å². The molecule has 2 rings (SSSR count). The van der Waals surface area contributed by atoms with Crippen LogP contribution in [0.2, 0.25) is 0 Å². The second-order valence-electron chi connectivity index (χ2n) is 6.72. The highest BCUT2D eigenvalue weighted by molar-refractivity contribution is 7.84. The first-order valence-corrected chi connectivity index (χ1v) is 8.44. The Kier molecular flexibility index (Phi) is 4.41. The molecule has 0 aromatic carbocycles. The Bertz CT molecular complexity index is 335. The molecule has 112 valence electrons. The van der Waals surface area contributed by atoms with Gasteiger partial charge in [-0.15, -0.1) is 0 Å². The minimum atomic E-state index is -1.02.